The molecule has 7 nitrogen and oxygen atoms in total. The number of allylic oxidation sites excluding steroid dienone is 2. The third-order valence-corrected chi connectivity index (χ3v) is 12.4. The highest BCUT2D eigenvalue weighted by atomic mass is 35.5. The van der Waals surface area contributed by atoms with Crippen LogP contribution in [-0.2, 0) is 14.3 Å². The van der Waals surface area contributed by atoms with Crippen LogP contribution >= 0.6 is 11.6 Å². The number of alkyl halides is 1. The van der Waals surface area contributed by atoms with Gasteiger partial charge in [0, 0.05) is 17.7 Å². The largest absolute Gasteiger partial charge is 0.493 e. The summed E-state index contributed by atoms with van der Waals surface area (Å²) >= 11 is 6.63. The van der Waals surface area contributed by atoms with Crippen LogP contribution in [0.15, 0.2) is 48.6 Å². The lowest BCUT2D eigenvalue weighted by Crippen LogP contribution is -2.40. The van der Waals surface area contributed by atoms with Crippen molar-refractivity contribution < 1.29 is 34.0 Å². The molecular formula is C46H73ClO7. The van der Waals surface area contributed by atoms with Gasteiger partial charge in [-0.25, -0.2) is 4.79 Å². The first-order valence-corrected chi connectivity index (χ1v) is 22.1. The van der Waals surface area contributed by atoms with Gasteiger partial charge in [-0.1, -0.05) is 134 Å². The Kier molecular flexibility index (Phi) is 23.3. The topological polar surface area (TPSA) is 102 Å². The average Bonchev–Trinajstić information content (AvgIpc) is 3.42. The zero-order chi connectivity index (χ0) is 38.9. The Morgan fingerprint density at radius 1 is 0.852 bits per heavy atom. The third-order valence-electron chi connectivity index (χ3n) is 11.9. The summed E-state index contributed by atoms with van der Waals surface area (Å²) in [4.78, 5) is 25.0. The van der Waals surface area contributed by atoms with E-state index in [1.165, 1.54) is 77.0 Å². The van der Waals surface area contributed by atoms with Gasteiger partial charge in [0.15, 0.2) is 0 Å². The second-order valence-corrected chi connectivity index (χ2v) is 16.4. The minimum Gasteiger partial charge on any atom is -0.493 e. The standard InChI is InChI=1S/C46H73ClO7/c1-3-5-6-7-8-9-10-11-12-13-14-17-22-33-52-42-28-21-20-26-39(42)45(51)54-35-34-53-44(50)30-19-16-15-18-25-37-38(41(48)36-40(37)47)27-23-29-43(49)46(4-2)31-24-32-46/h15,18,20-21,23,26-28,37-38,40-41,43,48-49H,3-14,16-17,19,22,24-25,29-36H2,1-2H3/b18-15-,27-23+/t37-,38-,40-,41-,43+/m1/s1. The highest BCUT2D eigenvalue weighted by Gasteiger charge is 2.42. The maximum atomic E-state index is 12.7. The van der Waals surface area contributed by atoms with Gasteiger partial charge in [0.2, 0.25) is 0 Å². The van der Waals surface area contributed by atoms with E-state index in [0.717, 1.165) is 44.9 Å². The van der Waals surface area contributed by atoms with Crippen molar-refractivity contribution in [2.45, 2.75) is 179 Å². The Morgan fingerprint density at radius 3 is 2.15 bits per heavy atom. The molecule has 0 unspecified atom stereocenters. The minimum absolute atomic E-state index is 0.00880. The first-order chi connectivity index (χ1) is 26.3. The normalized spacial score (nSPS) is 21.4. The second-order valence-electron chi connectivity index (χ2n) is 15.9. The number of benzene rings is 1. The van der Waals surface area contributed by atoms with Gasteiger partial charge in [0.25, 0.3) is 0 Å². The van der Waals surface area contributed by atoms with Gasteiger partial charge in [-0.2, -0.15) is 0 Å². The molecule has 1 aromatic rings. The molecule has 54 heavy (non-hydrogen) atoms. The molecule has 8 heteroatoms. The van der Waals surface area contributed by atoms with Crippen molar-refractivity contribution in [3.05, 3.63) is 54.1 Å². The van der Waals surface area contributed by atoms with Gasteiger partial charge < -0.3 is 24.4 Å². The number of para-hydroxylation sites is 1. The number of ether oxygens (including phenoxy) is 3. The van der Waals surface area contributed by atoms with Gasteiger partial charge in [-0.05, 0) is 81.3 Å². The molecule has 0 aromatic heterocycles. The molecule has 2 aliphatic carbocycles. The van der Waals surface area contributed by atoms with E-state index < -0.39 is 12.1 Å². The lowest BCUT2D eigenvalue weighted by atomic mass is 9.63. The number of carbonyl (C=O) groups is 2. The molecule has 2 aliphatic rings. The molecule has 306 valence electrons. The molecule has 0 radical (unpaired) electrons. The lowest BCUT2D eigenvalue weighted by Gasteiger charge is -2.45. The summed E-state index contributed by atoms with van der Waals surface area (Å²) in [5, 5.41) is 21.3. The molecule has 2 N–H and O–H groups in total. The predicted molar refractivity (Wildman–Crippen MR) is 220 cm³/mol. The van der Waals surface area contributed by atoms with Crippen LogP contribution in [0, 0.1) is 17.3 Å². The summed E-state index contributed by atoms with van der Waals surface area (Å²) in [5.41, 5.74) is 0.454. The number of halogens is 1. The summed E-state index contributed by atoms with van der Waals surface area (Å²) in [6, 6.07) is 7.12. The Balaban J connectivity index is 1.21. The number of unbranched alkanes of at least 4 members (excludes halogenated alkanes) is 13. The number of aliphatic hydroxyl groups is 2. The SMILES string of the molecule is CCCCCCCCCCCCCCCOc1ccccc1C(=O)OCCOC(=O)CCC/C=C\C[C@@H]1[C@@H](/C=C/C[C@H](O)C2(CC)CCC2)[C@H](O)C[C@H]1Cl. The summed E-state index contributed by atoms with van der Waals surface area (Å²) < 4.78 is 16.6. The molecule has 0 aliphatic heterocycles. The fourth-order valence-electron chi connectivity index (χ4n) is 8.07. The van der Waals surface area contributed by atoms with Crippen LogP contribution in [0.3, 0.4) is 0 Å². The van der Waals surface area contributed by atoms with Crippen molar-refractivity contribution in [2.24, 2.45) is 17.3 Å². The van der Waals surface area contributed by atoms with Crippen LogP contribution < -0.4 is 4.74 Å². The maximum Gasteiger partial charge on any atom is 0.342 e. The van der Waals surface area contributed by atoms with Crippen molar-refractivity contribution in [2.75, 3.05) is 19.8 Å². The smallest absolute Gasteiger partial charge is 0.342 e. The Labute approximate surface area is 332 Å². The summed E-state index contributed by atoms with van der Waals surface area (Å²) in [5.74, 6) is -0.180. The zero-order valence-corrected chi connectivity index (χ0v) is 34.5. The van der Waals surface area contributed by atoms with Crippen LogP contribution in [0.1, 0.15) is 172 Å². The first-order valence-electron chi connectivity index (χ1n) is 21.7. The number of carbonyl (C=O) groups excluding carboxylic acids is 2. The Morgan fingerprint density at radius 2 is 1.50 bits per heavy atom. The average molecular weight is 774 g/mol. The maximum absolute atomic E-state index is 12.7. The molecule has 2 fully saturated rings. The van der Waals surface area contributed by atoms with E-state index in [9.17, 15) is 19.8 Å². The molecule has 0 amide bonds. The summed E-state index contributed by atoms with van der Waals surface area (Å²) in [6.45, 7) is 4.98. The fraction of sp³-hybridized carbons (Fsp3) is 0.739. The van der Waals surface area contributed by atoms with Crippen LogP contribution in [0.2, 0.25) is 0 Å². The van der Waals surface area contributed by atoms with Crippen molar-refractivity contribution in [3.63, 3.8) is 0 Å². The molecule has 0 heterocycles. The van der Waals surface area contributed by atoms with Crippen molar-refractivity contribution >= 4 is 23.5 Å². The van der Waals surface area contributed by atoms with E-state index in [2.05, 4.69) is 32.1 Å². The number of esters is 2. The zero-order valence-electron chi connectivity index (χ0n) is 33.7. The number of aliphatic hydroxyl groups excluding tert-OH is 2. The molecule has 0 spiro atoms. The predicted octanol–water partition coefficient (Wildman–Crippen LogP) is 11.5. The van der Waals surface area contributed by atoms with Crippen molar-refractivity contribution in [1.82, 2.24) is 0 Å². The van der Waals surface area contributed by atoms with Crippen LogP contribution in [-0.4, -0.2) is 59.6 Å². The van der Waals surface area contributed by atoms with Crippen LogP contribution in [0.5, 0.6) is 5.75 Å². The highest BCUT2D eigenvalue weighted by molar-refractivity contribution is 6.21. The second kappa shape index (κ2) is 27.3. The van der Waals surface area contributed by atoms with Crippen molar-refractivity contribution in [1.29, 1.82) is 0 Å². The first kappa shape index (κ1) is 46.0. The van der Waals surface area contributed by atoms with Gasteiger partial charge >= 0.3 is 11.9 Å². The Bertz CT molecular complexity index is 1220. The van der Waals surface area contributed by atoms with E-state index in [1.54, 1.807) is 18.2 Å². The lowest BCUT2D eigenvalue weighted by molar-refractivity contribution is -0.144. The van der Waals surface area contributed by atoms with Gasteiger partial charge in [-0.3, -0.25) is 4.79 Å². The quantitative estimate of drug-likeness (QED) is 0.0347. The number of rotatable bonds is 30. The molecule has 0 bridgehead atoms. The Hall–Kier alpha value is -2.35. The molecular weight excluding hydrogens is 700 g/mol. The van der Waals surface area contributed by atoms with Crippen LogP contribution in [0.4, 0.5) is 0 Å². The highest BCUT2D eigenvalue weighted by Crippen LogP contribution is 2.48. The van der Waals surface area contributed by atoms with Gasteiger partial charge in [0.1, 0.15) is 24.5 Å². The molecule has 3 rings (SSSR count). The van der Waals surface area contributed by atoms with E-state index in [0.29, 0.717) is 37.2 Å². The number of hydrogen-bond donors (Lipinski definition) is 2. The molecule has 2 saturated carbocycles. The van der Waals surface area contributed by atoms with E-state index in [1.807, 2.05) is 12.1 Å². The van der Waals surface area contributed by atoms with E-state index >= 15 is 0 Å². The minimum atomic E-state index is -0.486. The van der Waals surface area contributed by atoms with Gasteiger partial charge in [-0.15, -0.1) is 11.6 Å². The summed E-state index contributed by atoms with van der Waals surface area (Å²) in [6.07, 6.45) is 32.3. The van der Waals surface area contributed by atoms with Crippen molar-refractivity contribution in [3.8, 4) is 5.75 Å². The molecule has 0 saturated heterocycles. The number of hydrogen-bond acceptors (Lipinski definition) is 7. The molecule has 1 aromatic carbocycles. The molecule has 5 atom stereocenters. The summed E-state index contributed by atoms with van der Waals surface area (Å²) in [7, 11) is 0. The van der Waals surface area contributed by atoms with Gasteiger partial charge in [0.05, 0.1) is 18.8 Å². The van der Waals surface area contributed by atoms with Crippen LogP contribution in [0.25, 0.3) is 0 Å². The van der Waals surface area contributed by atoms with E-state index in [-0.39, 0.29) is 54.3 Å². The monoisotopic (exact) mass is 773 g/mol. The third kappa shape index (κ3) is 16.8. The fourth-order valence-corrected chi connectivity index (χ4v) is 8.52. The van der Waals surface area contributed by atoms with E-state index in [4.69, 9.17) is 25.8 Å².